The third-order valence-corrected chi connectivity index (χ3v) is 3.37. The Labute approximate surface area is 108 Å². The van der Waals surface area contributed by atoms with Crippen LogP contribution in [0.5, 0.6) is 0 Å². The van der Waals surface area contributed by atoms with Crippen LogP contribution < -0.4 is 10.6 Å². The van der Waals surface area contributed by atoms with E-state index in [1.165, 1.54) is 0 Å². The number of anilines is 1. The van der Waals surface area contributed by atoms with E-state index in [9.17, 15) is 4.79 Å². The number of hydrogen-bond acceptors (Lipinski definition) is 3. The smallest absolute Gasteiger partial charge is 0.242 e. The lowest BCUT2D eigenvalue weighted by Crippen LogP contribution is -2.44. The first-order valence-electron chi connectivity index (χ1n) is 5.44. The fourth-order valence-corrected chi connectivity index (χ4v) is 2.29. The fourth-order valence-electron chi connectivity index (χ4n) is 1.80. The van der Waals surface area contributed by atoms with Crippen molar-refractivity contribution in [2.24, 2.45) is 0 Å². The van der Waals surface area contributed by atoms with Gasteiger partial charge in [0.1, 0.15) is 6.04 Å². The molecule has 2 N–H and O–H groups in total. The van der Waals surface area contributed by atoms with Gasteiger partial charge in [0.15, 0.2) is 0 Å². The van der Waals surface area contributed by atoms with Gasteiger partial charge in [-0.25, -0.2) is 0 Å². The SMILES string of the molecule is N#Cc1ccc(NC2CCCNC2=O)c(Br)c1. The summed E-state index contributed by atoms with van der Waals surface area (Å²) in [6, 6.07) is 7.16. The average molecular weight is 294 g/mol. The van der Waals surface area contributed by atoms with Crippen LogP contribution >= 0.6 is 15.9 Å². The molecule has 2 rings (SSSR count). The predicted octanol–water partition coefficient (Wildman–Crippen LogP) is 2.01. The van der Waals surface area contributed by atoms with E-state index >= 15 is 0 Å². The third kappa shape index (κ3) is 2.77. The summed E-state index contributed by atoms with van der Waals surface area (Å²) in [4.78, 5) is 11.6. The van der Waals surface area contributed by atoms with Crippen molar-refractivity contribution in [3.8, 4) is 6.07 Å². The Hall–Kier alpha value is -1.54. The normalized spacial score (nSPS) is 19.3. The number of nitriles is 1. The molecule has 1 atom stereocenters. The molecule has 1 aliphatic rings. The van der Waals surface area contributed by atoms with Crippen LogP contribution in [0.1, 0.15) is 18.4 Å². The highest BCUT2D eigenvalue weighted by Gasteiger charge is 2.22. The second-order valence-electron chi connectivity index (χ2n) is 3.94. The monoisotopic (exact) mass is 293 g/mol. The first kappa shape index (κ1) is 11.9. The molecule has 1 fully saturated rings. The minimum Gasteiger partial charge on any atom is -0.373 e. The highest BCUT2D eigenvalue weighted by Crippen LogP contribution is 2.25. The summed E-state index contributed by atoms with van der Waals surface area (Å²) >= 11 is 3.39. The molecule has 1 saturated heterocycles. The Balaban J connectivity index is 2.13. The molecule has 1 aliphatic heterocycles. The highest BCUT2D eigenvalue weighted by molar-refractivity contribution is 9.10. The van der Waals surface area contributed by atoms with E-state index in [2.05, 4.69) is 32.6 Å². The second-order valence-corrected chi connectivity index (χ2v) is 4.79. The summed E-state index contributed by atoms with van der Waals surface area (Å²) < 4.78 is 0.801. The summed E-state index contributed by atoms with van der Waals surface area (Å²) in [6.45, 7) is 0.756. The zero-order valence-electron chi connectivity index (χ0n) is 9.16. The minimum atomic E-state index is -0.187. The van der Waals surface area contributed by atoms with E-state index in [4.69, 9.17) is 5.26 Å². The van der Waals surface area contributed by atoms with Crippen molar-refractivity contribution in [1.82, 2.24) is 5.32 Å². The van der Waals surface area contributed by atoms with Crippen molar-refractivity contribution in [1.29, 1.82) is 5.26 Å². The topological polar surface area (TPSA) is 64.9 Å². The number of piperidine rings is 1. The first-order chi connectivity index (χ1) is 8.20. The Morgan fingerprint density at radius 2 is 2.35 bits per heavy atom. The zero-order valence-corrected chi connectivity index (χ0v) is 10.8. The van der Waals surface area contributed by atoms with E-state index in [0.29, 0.717) is 5.56 Å². The Kier molecular flexibility index (Phi) is 3.64. The van der Waals surface area contributed by atoms with Crippen molar-refractivity contribution in [3.63, 3.8) is 0 Å². The number of carbonyl (C=O) groups is 1. The van der Waals surface area contributed by atoms with Crippen LogP contribution in [0.3, 0.4) is 0 Å². The maximum Gasteiger partial charge on any atom is 0.242 e. The quantitative estimate of drug-likeness (QED) is 0.877. The number of rotatable bonds is 2. The second kappa shape index (κ2) is 5.19. The molecule has 1 heterocycles. The van der Waals surface area contributed by atoms with E-state index in [1.54, 1.807) is 12.1 Å². The van der Waals surface area contributed by atoms with E-state index < -0.39 is 0 Å². The molecule has 1 amide bonds. The molecule has 0 aromatic heterocycles. The largest absolute Gasteiger partial charge is 0.373 e. The summed E-state index contributed by atoms with van der Waals surface area (Å²) in [5, 5.41) is 14.8. The van der Waals surface area contributed by atoms with Crippen LogP contribution in [-0.2, 0) is 4.79 Å². The van der Waals surface area contributed by atoms with E-state index in [0.717, 1.165) is 29.5 Å². The summed E-state index contributed by atoms with van der Waals surface area (Å²) in [6.07, 6.45) is 1.82. The molecule has 5 heteroatoms. The zero-order chi connectivity index (χ0) is 12.3. The first-order valence-corrected chi connectivity index (χ1v) is 6.24. The van der Waals surface area contributed by atoms with Gasteiger partial charge in [0.2, 0.25) is 5.91 Å². The number of nitrogens with one attached hydrogen (secondary N) is 2. The van der Waals surface area contributed by atoms with Gasteiger partial charge in [0.25, 0.3) is 0 Å². The van der Waals surface area contributed by atoms with Crippen LogP contribution in [0.2, 0.25) is 0 Å². The van der Waals surface area contributed by atoms with Crippen LogP contribution in [0.25, 0.3) is 0 Å². The van der Waals surface area contributed by atoms with Gasteiger partial charge in [0.05, 0.1) is 11.6 Å². The van der Waals surface area contributed by atoms with E-state index in [-0.39, 0.29) is 11.9 Å². The van der Waals surface area contributed by atoms with Crippen LogP contribution in [0, 0.1) is 11.3 Å². The molecule has 0 saturated carbocycles. The van der Waals surface area contributed by atoms with Crippen LogP contribution in [-0.4, -0.2) is 18.5 Å². The molecule has 17 heavy (non-hydrogen) atoms. The third-order valence-electron chi connectivity index (χ3n) is 2.71. The Morgan fingerprint density at radius 3 is 3.00 bits per heavy atom. The van der Waals surface area contributed by atoms with Gasteiger partial charge >= 0.3 is 0 Å². The maximum atomic E-state index is 11.6. The number of carbonyl (C=O) groups excluding carboxylic acids is 1. The Bertz CT molecular complexity index is 481. The molecule has 0 radical (unpaired) electrons. The minimum absolute atomic E-state index is 0.0347. The number of amides is 1. The van der Waals surface area contributed by atoms with Crippen molar-refractivity contribution in [2.75, 3.05) is 11.9 Å². The van der Waals surface area contributed by atoms with E-state index in [1.807, 2.05) is 6.07 Å². The molecule has 1 aromatic rings. The summed E-state index contributed by atoms with van der Waals surface area (Å²) in [5.74, 6) is 0.0347. The number of nitrogens with zero attached hydrogens (tertiary/aromatic N) is 1. The lowest BCUT2D eigenvalue weighted by atomic mass is 10.1. The maximum absolute atomic E-state index is 11.6. The van der Waals surface area contributed by atoms with Crippen LogP contribution in [0.15, 0.2) is 22.7 Å². The van der Waals surface area contributed by atoms with Gasteiger partial charge in [0, 0.05) is 16.7 Å². The van der Waals surface area contributed by atoms with Gasteiger partial charge in [-0.3, -0.25) is 4.79 Å². The molecule has 0 spiro atoms. The lowest BCUT2D eigenvalue weighted by Gasteiger charge is -2.24. The van der Waals surface area contributed by atoms with Crippen molar-refractivity contribution in [3.05, 3.63) is 28.2 Å². The predicted molar refractivity (Wildman–Crippen MR) is 68.5 cm³/mol. The standard InChI is InChI=1S/C12H12BrN3O/c13-9-6-8(7-14)3-4-10(9)16-11-2-1-5-15-12(11)17/h3-4,6,11,16H,1-2,5H2,(H,15,17). The molecule has 88 valence electrons. The summed E-state index contributed by atoms with van der Waals surface area (Å²) in [7, 11) is 0. The van der Waals surface area contributed by atoms with Crippen molar-refractivity contribution < 1.29 is 4.79 Å². The molecular formula is C12H12BrN3O. The number of halogens is 1. The van der Waals surface area contributed by atoms with Crippen molar-refractivity contribution in [2.45, 2.75) is 18.9 Å². The van der Waals surface area contributed by atoms with Gasteiger partial charge in [-0.15, -0.1) is 0 Å². The summed E-state index contributed by atoms with van der Waals surface area (Å²) in [5.41, 5.74) is 1.43. The van der Waals surface area contributed by atoms with Gasteiger partial charge in [-0.05, 0) is 47.0 Å². The molecule has 0 aliphatic carbocycles. The molecule has 0 bridgehead atoms. The molecule has 4 nitrogen and oxygen atoms in total. The van der Waals surface area contributed by atoms with Gasteiger partial charge in [-0.1, -0.05) is 0 Å². The average Bonchev–Trinajstić information content (AvgIpc) is 2.34. The number of hydrogen-bond donors (Lipinski definition) is 2. The highest BCUT2D eigenvalue weighted by atomic mass is 79.9. The molecule has 1 unspecified atom stereocenters. The lowest BCUT2D eigenvalue weighted by molar-refractivity contribution is -0.123. The van der Waals surface area contributed by atoms with Crippen molar-refractivity contribution >= 4 is 27.5 Å². The molecule has 1 aromatic carbocycles. The Morgan fingerprint density at radius 1 is 1.53 bits per heavy atom. The molecular weight excluding hydrogens is 282 g/mol. The van der Waals surface area contributed by atoms with Gasteiger partial charge < -0.3 is 10.6 Å². The number of benzene rings is 1. The fraction of sp³-hybridized carbons (Fsp3) is 0.333. The van der Waals surface area contributed by atoms with Gasteiger partial charge in [-0.2, -0.15) is 5.26 Å². The van der Waals surface area contributed by atoms with Crippen LogP contribution in [0.4, 0.5) is 5.69 Å².